The number of fused-ring (bicyclic) bond motifs is 1. The van der Waals surface area contributed by atoms with Gasteiger partial charge in [0.2, 0.25) is 0 Å². The number of hydrogen-bond acceptors (Lipinski definition) is 2. The number of Topliss-reactive ketones (excluding diaryl/α,β-unsaturated/α-hetero) is 1. The quantitative estimate of drug-likeness (QED) is 0.497. The first-order chi connectivity index (χ1) is 4.79. The van der Waals surface area contributed by atoms with E-state index in [2.05, 4.69) is 0 Å². The van der Waals surface area contributed by atoms with Crippen molar-refractivity contribution < 1.29 is 9.53 Å². The molecular weight excluding hydrogens is 128 g/mol. The number of rotatable bonds is 0. The van der Waals surface area contributed by atoms with Crippen LogP contribution in [0.1, 0.15) is 13.3 Å². The summed E-state index contributed by atoms with van der Waals surface area (Å²) in [7, 11) is 0. The summed E-state index contributed by atoms with van der Waals surface area (Å²) < 4.78 is 5.22. The molecule has 2 heteroatoms. The molecule has 2 rings (SSSR count). The lowest BCUT2D eigenvalue weighted by Crippen LogP contribution is -2.00. The first-order valence-electron chi connectivity index (χ1n) is 3.59. The number of ketones is 1. The maximum Gasteiger partial charge on any atom is 0.159 e. The standard InChI is InChI=1S/C8H10O2/c1-5-7-4-10-3-6(7)2-8(5)9/h6H,2-4H2,1H3/t6-/m0/s1. The Labute approximate surface area is 59.9 Å². The summed E-state index contributed by atoms with van der Waals surface area (Å²) in [5.74, 6) is 0.760. The molecular formula is C8H10O2. The zero-order chi connectivity index (χ0) is 7.14. The Kier molecular flexibility index (Phi) is 1.17. The Morgan fingerprint density at radius 3 is 3.10 bits per heavy atom. The van der Waals surface area contributed by atoms with Gasteiger partial charge in [0.1, 0.15) is 0 Å². The van der Waals surface area contributed by atoms with Crippen molar-refractivity contribution in [3.05, 3.63) is 11.1 Å². The lowest BCUT2D eigenvalue weighted by atomic mass is 10.1. The number of carbonyl (C=O) groups is 1. The van der Waals surface area contributed by atoms with E-state index in [1.807, 2.05) is 6.92 Å². The summed E-state index contributed by atoms with van der Waals surface area (Å²) in [5, 5.41) is 0. The van der Waals surface area contributed by atoms with E-state index in [1.165, 1.54) is 5.57 Å². The topological polar surface area (TPSA) is 26.3 Å². The minimum Gasteiger partial charge on any atom is -0.376 e. The second-order valence-electron chi connectivity index (χ2n) is 2.99. The molecule has 10 heavy (non-hydrogen) atoms. The van der Waals surface area contributed by atoms with Crippen LogP contribution in [0.4, 0.5) is 0 Å². The van der Waals surface area contributed by atoms with Gasteiger partial charge in [-0.1, -0.05) is 0 Å². The van der Waals surface area contributed by atoms with Crippen LogP contribution in [0.15, 0.2) is 11.1 Å². The van der Waals surface area contributed by atoms with Gasteiger partial charge < -0.3 is 4.74 Å². The van der Waals surface area contributed by atoms with Crippen molar-refractivity contribution in [2.45, 2.75) is 13.3 Å². The van der Waals surface area contributed by atoms with Crippen molar-refractivity contribution in [1.29, 1.82) is 0 Å². The molecule has 0 aromatic rings. The van der Waals surface area contributed by atoms with Crippen LogP contribution in [0.5, 0.6) is 0 Å². The fourth-order valence-corrected chi connectivity index (χ4v) is 1.68. The Morgan fingerprint density at radius 1 is 1.60 bits per heavy atom. The zero-order valence-corrected chi connectivity index (χ0v) is 6.02. The molecule has 1 fully saturated rings. The number of carbonyl (C=O) groups excluding carboxylic acids is 1. The normalized spacial score (nSPS) is 31.7. The molecule has 0 saturated carbocycles. The summed E-state index contributed by atoms with van der Waals surface area (Å²) in [6.07, 6.45) is 0.696. The summed E-state index contributed by atoms with van der Waals surface area (Å²) in [6.45, 7) is 3.37. The lowest BCUT2D eigenvalue weighted by molar-refractivity contribution is -0.115. The molecule has 1 heterocycles. The van der Waals surface area contributed by atoms with Gasteiger partial charge in [-0.2, -0.15) is 0 Å². The van der Waals surface area contributed by atoms with Gasteiger partial charge in [-0.05, 0) is 18.1 Å². The summed E-state index contributed by atoms with van der Waals surface area (Å²) in [4.78, 5) is 11.1. The van der Waals surface area contributed by atoms with E-state index in [-0.39, 0.29) is 0 Å². The Hall–Kier alpha value is -0.630. The highest BCUT2D eigenvalue weighted by molar-refractivity contribution is 5.98. The Balaban J connectivity index is 2.37. The lowest BCUT2D eigenvalue weighted by Gasteiger charge is -1.95. The van der Waals surface area contributed by atoms with Crippen LogP contribution in [0, 0.1) is 5.92 Å². The highest BCUT2D eigenvalue weighted by Gasteiger charge is 2.33. The minimum atomic E-state index is 0.323. The highest BCUT2D eigenvalue weighted by Crippen LogP contribution is 2.33. The average Bonchev–Trinajstić information content (AvgIpc) is 2.41. The summed E-state index contributed by atoms with van der Waals surface area (Å²) >= 11 is 0. The Bertz CT molecular complexity index is 215. The van der Waals surface area contributed by atoms with Gasteiger partial charge in [0.25, 0.3) is 0 Å². The highest BCUT2D eigenvalue weighted by atomic mass is 16.5. The summed E-state index contributed by atoms with van der Waals surface area (Å²) in [6, 6.07) is 0. The van der Waals surface area contributed by atoms with Crippen LogP contribution in [0.25, 0.3) is 0 Å². The van der Waals surface area contributed by atoms with Gasteiger partial charge in [-0.25, -0.2) is 0 Å². The van der Waals surface area contributed by atoms with E-state index >= 15 is 0 Å². The summed E-state index contributed by atoms with van der Waals surface area (Å²) in [5.41, 5.74) is 2.22. The van der Waals surface area contributed by atoms with Crippen molar-refractivity contribution in [3.8, 4) is 0 Å². The van der Waals surface area contributed by atoms with Crippen molar-refractivity contribution in [1.82, 2.24) is 0 Å². The second-order valence-corrected chi connectivity index (χ2v) is 2.99. The average molecular weight is 138 g/mol. The van der Waals surface area contributed by atoms with Gasteiger partial charge in [-0.15, -0.1) is 0 Å². The molecule has 0 spiro atoms. The maximum atomic E-state index is 11.1. The largest absolute Gasteiger partial charge is 0.376 e. The van der Waals surface area contributed by atoms with Crippen LogP contribution in [0.2, 0.25) is 0 Å². The number of allylic oxidation sites excluding steroid dienone is 1. The van der Waals surface area contributed by atoms with Crippen molar-refractivity contribution >= 4 is 5.78 Å². The molecule has 1 saturated heterocycles. The molecule has 2 nitrogen and oxygen atoms in total. The van der Waals surface area contributed by atoms with Crippen LogP contribution >= 0.6 is 0 Å². The maximum absolute atomic E-state index is 11.1. The van der Waals surface area contributed by atoms with Crippen LogP contribution in [-0.2, 0) is 9.53 Å². The number of ether oxygens (including phenoxy) is 1. The van der Waals surface area contributed by atoms with Gasteiger partial charge in [-0.3, -0.25) is 4.79 Å². The molecule has 0 amide bonds. The molecule has 0 N–H and O–H groups in total. The molecule has 0 bridgehead atoms. The monoisotopic (exact) mass is 138 g/mol. The van der Waals surface area contributed by atoms with Crippen LogP contribution in [-0.4, -0.2) is 19.0 Å². The third-order valence-electron chi connectivity index (χ3n) is 2.40. The molecule has 0 aromatic heterocycles. The second kappa shape index (κ2) is 1.92. The van der Waals surface area contributed by atoms with Gasteiger partial charge in [0, 0.05) is 12.3 Å². The predicted octanol–water partition coefficient (Wildman–Crippen LogP) is 0.922. The minimum absolute atomic E-state index is 0.323. The van der Waals surface area contributed by atoms with E-state index in [0.29, 0.717) is 24.7 Å². The fraction of sp³-hybridized carbons (Fsp3) is 0.625. The predicted molar refractivity (Wildman–Crippen MR) is 36.6 cm³/mol. The zero-order valence-electron chi connectivity index (χ0n) is 6.02. The Morgan fingerprint density at radius 2 is 2.40 bits per heavy atom. The molecule has 54 valence electrons. The molecule has 0 aromatic carbocycles. The third-order valence-corrected chi connectivity index (χ3v) is 2.40. The van der Waals surface area contributed by atoms with E-state index in [1.54, 1.807) is 0 Å². The molecule has 0 unspecified atom stereocenters. The fourth-order valence-electron chi connectivity index (χ4n) is 1.68. The van der Waals surface area contributed by atoms with Crippen LogP contribution < -0.4 is 0 Å². The molecule has 0 radical (unpaired) electrons. The first kappa shape index (κ1) is 6.10. The third kappa shape index (κ3) is 0.655. The van der Waals surface area contributed by atoms with Gasteiger partial charge in [0.15, 0.2) is 5.78 Å². The molecule has 1 atom stereocenters. The van der Waals surface area contributed by atoms with Crippen molar-refractivity contribution in [3.63, 3.8) is 0 Å². The van der Waals surface area contributed by atoms with E-state index in [4.69, 9.17) is 4.74 Å². The molecule has 2 aliphatic rings. The number of hydrogen-bond donors (Lipinski definition) is 0. The smallest absolute Gasteiger partial charge is 0.159 e. The van der Waals surface area contributed by atoms with E-state index < -0.39 is 0 Å². The first-order valence-corrected chi connectivity index (χ1v) is 3.59. The van der Waals surface area contributed by atoms with E-state index in [9.17, 15) is 4.79 Å². The van der Waals surface area contributed by atoms with Gasteiger partial charge in [0.05, 0.1) is 13.2 Å². The van der Waals surface area contributed by atoms with Crippen LogP contribution in [0.3, 0.4) is 0 Å². The molecule has 1 aliphatic carbocycles. The SMILES string of the molecule is CC1=C2COC[C@@H]2CC1=O. The van der Waals surface area contributed by atoms with E-state index in [0.717, 1.165) is 12.2 Å². The van der Waals surface area contributed by atoms with Gasteiger partial charge >= 0.3 is 0 Å². The molecule has 1 aliphatic heterocycles. The van der Waals surface area contributed by atoms with Crippen molar-refractivity contribution in [2.75, 3.05) is 13.2 Å². The van der Waals surface area contributed by atoms with Crippen molar-refractivity contribution in [2.24, 2.45) is 5.92 Å².